The molecule has 2 aliphatic heterocycles. The second-order valence-electron chi connectivity index (χ2n) is 7.29. The number of thiophene rings is 1. The molecule has 2 N–H and O–H groups in total. The first kappa shape index (κ1) is 17.4. The minimum absolute atomic E-state index is 0.217. The van der Waals surface area contributed by atoms with Gasteiger partial charge in [-0.15, -0.1) is 23.1 Å². The van der Waals surface area contributed by atoms with Gasteiger partial charge >= 0.3 is 5.97 Å². The molecule has 0 bridgehead atoms. The van der Waals surface area contributed by atoms with Gasteiger partial charge in [0.05, 0.1) is 4.88 Å². The summed E-state index contributed by atoms with van der Waals surface area (Å²) in [5, 5.41) is 18.7. The molecular formula is C17H19N3O4S2. The number of aliphatic carboxylic acids is 1. The van der Waals surface area contributed by atoms with E-state index < -0.39 is 22.3 Å². The molecule has 2 aromatic heterocycles. The fourth-order valence-corrected chi connectivity index (χ4v) is 6.06. The lowest BCUT2D eigenvalue weighted by molar-refractivity contribution is -0.163. The van der Waals surface area contributed by atoms with Gasteiger partial charge in [0.15, 0.2) is 5.76 Å². The fraction of sp³-hybridized carbons (Fsp3) is 0.471. The van der Waals surface area contributed by atoms with E-state index in [2.05, 4.69) is 10.5 Å². The number of rotatable bonds is 4. The van der Waals surface area contributed by atoms with Gasteiger partial charge in [0.2, 0.25) is 0 Å². The molecule has 1 amide bonds. The largest absolute Gasteiger partial charge is 0.480 e. The fourth-order valence-electron chi connectivity index (χ4n) is 3.70. The topological polar surface area (TPSA) is 95.7 Å². The number of carboxylic acid groups (broad SMARTS) is 1. The van der Waals surface area contributed by atoms with Crippen molar-refractivity contribution in [1.82, 2.24) is 10.1 Å². The van der Waals surface area contributed by atoms with E-state index >= 15 is 0 Å². The molecule has 4 heterocycles. The lowest BCUT2D eigenvalue weighted by atomic mass is 9.86. The van der Waals surface area contributed by atoms with Gasteiger partial charge in [-0.2, -0.15) is 0 Å². The Balaban J connectivity index is 1.68. The van der Waals surface area contributed by atoms with Crippen LogP contribution in [0.5, 0.6) is 0 Å². The molecule has 138 valence electrons. The number of amides is 1. The Kier molecular flexibility index (Phi) is 3.68. The van der Waals surface area contributed by atoms with Crippen molar-refractivity contribution < 1.29 is 19.2 Å². The molecule has 0 unspecified atom stereocenters. The summed E-state index contributed by atoms with van der Waals surface area (Å²) in [6.45, 7) is 7.34. The summed E-state index contributed by atoms with van der Waals surface area (Å²) in [6.07, 6.45) is 0. The maximum atomic E-state index is 12.9. The average Bonchev–Trinajstić information content (AvgIpc) is 3.25. The Morgan fingerprint density at radius 1 is 1.42 bits per heavy atom. The number of anilines is 1. The molecule has 9 heteroatoms. The Bertz CT molecular complexity index is 892. The normalized spacial score (nSPS) is 29.4. The number of aryl methyl sites for hydroxylation is 1. The number of nitrogens with one attached hydrogen (secondary N) is 1. The van der Waals surface area contributed by atoms with Crippen LogP contribution in [-0.4, -0.2) is 48.7 Å². The van der Waals surface area contributed by atoms with Crippen LogP contribution in [0.4, 0.5) is 5.69 Å². The van der Waals surface area contributed by atoms with Crippen LogP contribution in [-0.2, 0) is 9.59 Å². The third kappa shape index (κ3) is 2.23. The van der Waals surface area contributed by atoms with Gasteiger partial charge in [-0.05, 0) is 39.1 Å². The van der Waals surface area contributed by atoms with Crippen LogP contribution in [0.25, 0.3) is 10.6 Å². The van der Waals surface area contributed by atoms with Crippen LogP contribution in [0, 0.1) is 6.92 Å². The highest BCUT2D eigenvalue weighted by atomic mass is 32.2. The van der Waals surface area contributed by atoms with Crippen molar-refractivity contribution in [2.75, 3.05) is 5.32 Å². The van der Waals surface area contributed by atoms with Gasteiger partial charge in [0.25, 0.3) is 5.91 Å². The van der Waals surface area contributed by atoms with Crippen LogP contribution in [0.1, 0.15) is 26.5 Å². The molecule has 0 saturated carbocycles. The van der Waals surface area contributed by atoms with Crippen molar-refractivity contribution in [1.29, 1.82) is 0 Å². The molecule has 0 radical (unpaired) electrons. The van der Waals surface area contributed by atoms with Gasteiger partial charge in [-0.25, -0.2) is 4.79 Å². The van der Waals surface area contributed by atoms with Gasteiger partial charge < -0.3 is 19.8 Å². The third-order valence-corrected chi connectivity index (χ3v) is 7.64. The van der Waals surface area contributed by atoms with Crippen molar-refractivity contribution in [2.45, 2.75) is 49.4 Å². The zero-order chi connectivity index (χ0) is 18.9. The van der Waals surface area contributed by atoms with E-state index in [9.17, 15) is 14.7 Å². The van der Waals surface area contributed by atoms with E-state index in [1.165, 1.54) is 28.0 Å². The molecule has 0 spiro atoms. The molecule has 7 nitrogen and oxygen atoms in total. The number of thioether (sulfide) groups is 1. The highest BCUT2D eigenvalue weighted by molar-refractivity contribution is 8.01. The number of hydrogen-bond donors (Lipinski definition) is 2. The van der Waals surface area contributed by atoms with Crippen molar-refractivity contribution in [3.8, 4) is 10.6 Å². The van der Waals surface area contributed by atoms with Crippen molar-refractivity contribution in [2.24, 2.45) is 0 Å². The molecule has 0 aliphatic carbocycles. The summed E-state index contributed by atoms with van der Waals surface area (Å²) < 4.78 is 4.79. The molecule has 3 atom stereocenters. The summed E-state index contributed by atoms with van der Waals surface area (Å²) in [6, 6.07) is 3.04. The van der Waals surface area contributed by atoms with E-state index in [4.69, 9.17) is 4.52 Å². The molecule has 2 saturated heterocycles. The van der Waals surface area contributed by atoms with E-state index in [1.54, 1.807) is 6.92 Å². The Morgan fingerprint density at radius 2 is 2.15 bits per heavy atom. The summed E-state index contributed by atoms with van der Waals surface area (Å²) in [7, 11) is 0. The van der Waals surface area contributed by atoms with E-state index in [1.807, 2.05) is 38.3 Å². The Morgan fingerprint density at radius 3 is 2.77 bits per heavy atom. The average molecular weight is 393 g/mol. The van der Waals surface area contributed by atoms with Gasteiger partial charge in [-0.1, -0.05) is 11.2 Å². The lowest BCUT2D eigenvalue weighted by Gasteiger charge is -2.51. The molecule has 2 fully saturated rings. The minimum atomic E-state index is -0.971. The molecule has 4 rings (SSSR count). The van der Waals surface area contributed by atoms with Gasteiger partial charge in [0.1, 0.15) is 28.3 Å². The molecule has 2 aromatic rings. The number of aromatic nitrogens is 1. The summed E-state index contributed by atoms with van der Waals surface area (Å²) in [5.41, 5.74) is 0.441. The van der Waals surface area contributed by atoms with Crippen LogP contribution >= 0.6 is 23.1 Å². The SMILES string of the molecule is Cc1onc(-c2cccs2)c1N[C@@]1(C)C(=O)N2[C@@H](C(=O)O)C(C)(C)S[C@@H]21. The van der Waals surface area contributed by atoms with Crippen LogP contribution in [0.15, 0.2) is 22.0 Å². The van der Waals surface area contributed by atoms with E-state index in [0.29, 0.717) is 17.1 Å². The number of carbonyl (C=O) groups is 2. The second-order valence-corrected chi connectivity index (χ2v) is 9.98. The zero-order valence-electron chi connectivity index (χ0n) is 14.8. The first-order chi connectivity index (χ1) is 12.2. The van der Waals surface area contributed by atoms with Crippen molar-refractivity contribution >= 4 is 40.7 Å². The molecule has 0 aromatic carbocycles. The van der Waals surface area contributed by atoms with Crippen molar-refractivity contribution in [3.63, 3.8) is 0 Å². The quantitative estimate of drug-likeness (QED) is 0.771. The molecule has 2 aliphatic rings. The predicted octanol–water partition coefficient (Wildman–Crippen LogP) is 3.03. The van der Waals surface area contributed by atoms with Gasteiger partial charge in [0, 0.05) is 4.75 Å². The van der Waals surface area contributed by atoms with Crippen molar-refractivity contribution in [3.05, 3.63) is 23.3 Å². The number of carboxylic acids is 1. The smallest absolute Gasteiger partial charge is 0.327 e. The summed E-state index contributed by atoms with van der Waals surface area (Å²) in [5.74, 6) is -0.593. The van der Waals surface area contributed by atoms with Gasteiger partial charge in [-0.3, -0.25) is 4.79 Å². The van der Waals surface area contributed by atoms with Crippen LogP contribution in [0.3, 0.4) is 0 Å². The van der Waals surface area contributed by atoms with Crippen LogP contribution in [0.2, 0.25) is 0 Å². The maximum Gasteiger partial charge on any atom is 0.327 e. The third-order valence-electron chi connectivity index (χ3n) is 5.01. The lowest BCUT2D eigenvalue weighted by Crippen LogP contribution is -2.75. The first-order valence-corrected chi connectivity index (χ1v) is 9.94. The number of hydrogen-bond acceptors (Lipinski definition) is 7. The Hall–Kier alpha value is -2.00. The number of β-lactam (4-membered cyclic amide) rings is 1. The monoisotopic (exact) mass is 393 g/mol. The highest BCUT2D eigenvalue weighted by Crippen LogP contribution is 2.56. The maximum absolute atomic E-state index is 12.9. The molecule has 26 heavy (non-hydrogen) atoms. The first-order valence-electron chi connectivity index (χ1n) is 8.18. The standard InChI is InChI=1S/C17H19N3O4S2/c1-8-10(11(19-24-8)9-6-5-7-25-9)18-17(4)14(23)20-12(13(21)22)16(2,3)26-15(17)20/h5-7,12,15,18H,1-4H3,(H,21,22)/t12-,15+,17-/m0/s1. The van der Waals surface area contributed by atoms with Crippen LogP contribution < -0.4 is 5.32 Å². The zero-order valence-corrected chi connectivity index (χ0v) is 16.4. The van der Waals surface area contributed by atoms with E-state index in [-0.39, 0.29) is 11.3 Å². The predicted molar refractivity (Wildman–Crippen MR) is 100 cm³/mol. The highest BCUT2D eigenvalue weighted by Gasteiger charge is 2.69. The summed E-state index contributed by atoms with van der Waals surface area (Å²) in [4.78, 5) is 27.1. The number of carbonyl (C=O) groups excluding carboxylic acids is 1. The van der Waals surface area contributed by atoms with E-state index in [0.717, 1.165) is 4.88 Å². The Labute approximate surface area is 158 Å². The minimum Gasteiger partial charge on any atom is -0.480 e. The summed E-state index contributed by atoms with van der Waals surface area (Å²) >= 11 is 3.05. The molecular weight excluding hydrogens is 374 g/mol. The second kappa shape index (κ2) is 5.50. The number of fused-ring (bicyclic) bond motifs is 1. The number of nitrogens with zero attached hydrogens (tertiary/aromatic N) is 2.